The summed E-state index contributed by atoms with van der Waals surface area (Å²) in [6.45, 7) is 2.19. The van der Waals surface area contributed by atoms with Crippen LogP contribution in [-0.4, -0.2) is 23.2 Å². The van der Waals surface area contributed by atoms with Crippen LogP contribution in [0, 0.1) is 0 Å². The lowest BCUT2D eigenvalue weighted by Crippen LogP contribution is -2.40. The second kappa shape index (κ2) is 7.66. The number of carbonyl (C=O) groups is 1. The van der Waals surface area contributed by atoms with E-state index in [4.69, 9.17) is 0 Å². The first kappa shape index (κ1) is 13.5. The minimum absolute atomic E-state index is 0.148. The van der Waals surface area contributed by atoms with Gasteiger partial charge in [-0.3, -0.25) is 4.79 Å². The SMILES string of the molecule is CCCCCC[C@@H](O)C[C@H]1CCCC(=O)N1. The summed E-state index contributed by atoms with van der Waals surface area (Å²) in [6.07, 6.45) is 8.84. The van der Waals surface area contributed by atoms with Gasteiger partial charge >= 0.3 is 0 Å². The highest BCUT2D eigenvalue weighted by molar-refractivity contribution is 5.76. The molecule has 1 aliphatic rings. The predicted molar refractivity (Wildman–Crippen MR) is 65.2 cm³/mol. The van der Waals surface area contributed by atoms with Gasteiger partial charge in [0, 0.05) is 12.5 Å². The molecule has 0 aromatic rings. The van der Waals surface area contributed by atoms with Crippen molar-refractivity contribution in [2.24, 2.45) is 0 Å². The van der Waals surface area contributed by atoms with Gasteiger partial charge in [0.2, 0.25) is 5.91 Å². The number of nitrogens with one attached hydrogen (secondary N) is 1. The molecule has 1 saturated heterocycles. The van der Waals surface area contributed by atoms with Crippen LogP contribution in [0.5, 0.6) is 0 Å². The molecule has 0 bridgehead atoms. The van der Waals surface area contributed by atoms with Gasteiger partial charge in [-0.05, 0) is 25.7 Å². The van der Waals surface area contributed by atoms with Gasteiger partial charge in [-0.1, -0.05) is 32.6 Å². The monoisotopic (exact) mass is 227 g/mol. The van der Waals surface area contributed by atoms with Crippen LogP contribution < -0.4 is 5.32 Å². The lowest BCUT2D eigenvalue weighted by Gasteiger charge is -2.25. The van der Waals surface area contributed by atoms with Crippen molar-refractivity contribution in [2.75, 3.05) is 0 Å². The summed E-state index contributed by atoms with van der Waals surface area (Å²) in [5, 5.41) is 12.8. The number of aliphatic hydroxyl groups excluding tert-OH is 1. The Bertz CT molecular complexity index is 206. The highest BCUT2D eigenvalue weighted by atomic mass is 16.3. The molecular weight excluding hydrogens is 202 g/mol. The Kier molecular flexibility index (Phi) is 6.46. The van der Waals surface area contributed by atoms with Crippen LogP contribution in [0.2, 0.25) is 0 Å². The van der Waals surface area contributed by atoms with Crippen LogP contribution in [0.3, 0.4) is 0 Å². The molecular formula is C13H25NO2. The average molecular weight is 227 g/mol. The number of amides is 1. The number of carbonyl (C=O) groups excluding carboxylic acids is 1. The summed E-state index contributed by atoms with van der Waals surface area (Å²) in [7, 11) is 0. The Balaban J connectivity index is 2.08. The number of hydrogen-bond acceptors (Lipinski definition) is 2. The molecule has 94 valence electrons. The lowest BCUT2D eigenvalue weighted by atomic mass is 9.96. The van der Waals surface area contributed by atoms with Crippen LogP contribution in [0.25, 0.3) is 0 Å². The summed E-state index contributed by atoms with van der Waals surface area (Å²) in [6, 6.07) is 0.211. The first-order valence-electron chi connectivity index (χ1n) is 6.69. The molecule has 0 spiro atoms. The second-order valence-corrected chi connectivity index (χ2v) is 4.90. The van der Waals surface area contributed by atoms with Gasteiger partial charge in [0.15, 0.2) is 0 Å². The molecule has 0 aromatic carbocycles. The van der Waals surface area contributed by atoms with Crippen molar-refractivity contribution in [2.45, 2.75) is 76.9 Å². The molecule has 3 nitrogen and oxygen atoms in total. The van der Waals surface area contributed by atoms with E-state index in [1.54, 1.807) is 0 Å². The molecule has 0 radical (unpaired) electrons. The van der Waals surface area contributed by atoms with Gasteiger partial charge < -0.3 is 10.4 Å². The van der Waals surface area contributed by atoms with Crippen LogP contribution >= 0.6 is 0 Å². The van der Waals surface area contributed by atoms with Crippen molar-refractivity contribution >= 4 is 5.91 Å². The molecule has 16 heavy (non-hydrogen) atoms. The van der Waals surface area contributed by atoms with Crippen LogP contribution in [-0.2, 0) is 4.79 Å². The molecule has 1 aliphatic heterocycles. The van der Waals surface area contributed by atoms with Crippen molar-refractivity contribution in [1.82, 2.24) is 5.32 Å². The minimum atomic E-state index is -0.236. The summed E-state index contributed by atoms with van der Waals surface area (Å²) in [4.78, 5) is 11.2. The Morgan fingerprint density at radius 3 is 2.94 bits per heavy atom. The highest BCUT2D eigenvalue weighted by Crippen LogP contribution is 2.16. The van der Waals surface area contributed by atoms with Crippen LogP contribution in [0.15, 0.2) is 0 Å². The highest BCUT2D eigenvalue weighted by Gasteiger charge is 2.20. The summed E-state index contributed by atoms with van der Waals surface area (Å²) >= 11 is 0. The van der Waals surface area contributed by atoms with Crippen molar-refractivity contribution in [3.8, 4) is 0 Å². The van der Waals surface area contributed by atoms with E-state index in [0.29, 0.717) is 6.42 Å². The van der Waals surface area contributed by atoms with E-state index in [0.717, 1.165) is 32.1 Å². The predicted octanol–water partition coefficient (Wildman–Crippen LogP) is 2.38. The standard InChI is InChI=1S/C13H25NO2/c1-2-3-4-5-8-12(15)10-11-7-6-9-13(16)14-11/h11-12,15H,2-10H2,1H3,(H,14,16)/t11-,12-/m1/s1. The maximum atomic E-state index is 11.2. The molecule has 0 saturated carbocycles. The first-order valence-corrected chi connectivity index (χ1v) is 6.69. The van der Waals surface area contributed by atoms with E-state index in [9.17, 15) is 9.90 Å². The minimum Gasteiger partial charge on any atom is -0.393 e. The number of hydrogen-bond donors (Lipinski definition) is 2. The van der Waals surface area contributed by atoms with Gasteiger partial charge in [0.1, 0.15) is 0 Å². The summed E-state index contributed by atoms with van der Waals surface area (Å²) in [5.41, 5.74) is 0. The third-order valence-electron chi connectivity index (χ3n) is 3.27. The summed E-state index contributed by atoms with van der Waals surface area (Å²) < 4.78 is 0. The van der Waals surface area contributed by atoms with Crippen molar-refractivity contribution in [1.29, 1.82) is 0 Å². The van der Waals surface area contributed by atoms with Crippen LogP contribution in [0.4, 0.5) is 0 Å². The lowest BCUT2D eigenvalue weighted by molar-refractivity contribution is -0.123. The van der Waals surface area contributed by atoms with Gasteiger partial charge in [-0.25, -0.2) is 0 Å². The normalized spacial score (nSPS) is 22.9. The van der Waals surface area contributed by atoms with Crippen LogP contribution in [0.1, 0.15) is 64.7 Å². The maximum absolute atomic E-state index is 11.2. The number of aliphatic hydroxyl groups is 1. The molecule has 2 N–H and O–H groups in total. The Morgan fingerprint density at radius 2 is 2.25 bits per heavy atom. The van der Waals surface area contributed by atoms with E-state index < -0.39 is 0 Å². The molecule has 1 fully saturated rings. The molecule has 0 aliphatic carbocycles. The van der Waals surface area contributed by atoms with Crippen molar-refractivity contribution in [3.05, 3.63) is 0 Å². The third kappa shape index (κ3) is 5.50. The molecule has 0 unspecified atom stereocenters. The second-order valence-electron chi connectivity index (χ2n) is 4.90. The van der Waals surface area contributed by atoms with Gasteiger partial charge in [-0.15, -0.1) is 0 Å². The zero-order valence-electron chi connectivity index (χ0n) is 10.4. The Hall–Kier alpha value is -0.570. The Labute approximate surface area is 98.6 Å². The van der Waals surface area contributed by atoms with E-state index >= 15 is 0 Å². The van der Waals surface area contributed by atoms with Gasteiger partial charge in [0.05, 0.1) is 6.10 Å². The smallest absolute Gasteiger partial charge is 0.220 e. The average Bonchev–Trinajstić information content (AvgIpc) is 2.24. The molecule has 1 rings (SSSR count). The Morgan fingerprint density at radius 1 is 1.44 bits per heavy atom. The fourth-order valence-corrected chi connectivity index (χ4v) is 2.31. The number of rotatable bonds is 7. The first-order chi connectivity index (χ1) is 7.72. The molecule has 0 aromatic heterocycles. The summed E-state index contributed by atoms with van der Waals surface area (Å²) in [5.74, 6) is 0.148. The molecule has 3 heteroatoms. The number of unbranched alkanes of at least 4 members (excludes halogenated alkanes) is 3. The zero-order valence-corrected chi connectivity index (χ0v) is 10.4. The van der Waals surface area contributed by atoms with E-state index in [2.05, 4.69) is 12.2 Å². The van der Waals surface area contributed by atoms with E-state index in [1.165, 1.54) is 19.3 Å². The van der Waals surface area contributed by atoms with Crippen molar-refractivity contribution < 1.29 is 9.90 Å². The van der Waals surface area contributed by atoms with E-state index in [1.807, 2.05) is 0 Å². The van der Waals surface area contributed by atoms with Crippen molar-refractivity contribution in [3.63, 3.8) is 0 Å². The fraction of sp³-hybridized carbons (Fsp3) is 0.923. The topological polar surface area (TPSA) is 49.3 Å². The van der Waals surface area contributed by atoms with Gasteiger partial charge in [0.25, 0.3) is 0 Å². The zero-order chi connectivity index (χ0) is 11.8. The largest absolute Gasteiger partial charge is 0.393 e. The van der Waals surface area contributed by atoms with Gasteiger partial charge in [-0.2, -0.15) is 0 Å². The molecule has 2 atom stereocenters. The maximum Gasteiger partial charge on any atom is 0.220 e. The molecule has 1 amide bonds. The third-order valence-corrected chi connectivity index (χ3v) is 3.27. The fourth-order valence-electron chi connectivity index (χ4n) is 2.31. The molecule has 1 heterocycles. The quantitative estimate of drug-likeness (QED) is 0.656. The number of piperidine rings is 1. The van der Waals surface area contributed by atoms with E-state index in [-0.39, 0.29) is 18.1 Å².